The van der Waals surface area contributed by atoms with Gasteiger partial charge in [0.25, 0.3) is 0 Å². The molecule has 2 heterocycles. The monoisotopic (exact) mass is 640 g/mol. The Morgan fingerprint density at radius 1 is 0.327 bits per heavy atom. The fraction of sp³-hybridized carbons (Fsp3) is 0. The van der Waals surface area contributed by atoms with Crippen molar-refractivity contribution in [1.82, 2.24) is 9.97 Å². The van der Waals surface area contributed by atoms with E-state index < -0.39 is 0 Å². The van der Waals surface area contributed by atoms with Crippen LogP contribution in [0.25, 0.3) is 97.5 Å². The molecule has 0 spiro atoms. The van der Waals surface area contributed by atoms with Crippen LogP contribution in [0.3, 0.4) is 0 Å². The van der Waals surface area contributed by atoms with Crippen molar-refractivity contribution in [1.29, 1.82) is 0 Å². The fourth-order valence-corrected chi connectivity index (χ4v) is 8.41. The fourth-order valence-electron chi connectivity index (χ4n) is 7.34. The van der Waals surface area contributed by atoms with Gasteiger partial charge in [-0.25, -0.2) is 9.97 Å². The van der Waals surface area contributed by atoms with Gasteiger partial charge < -0.3 is 0 Å². The minimum absolute atomic E-state index is 0.739. The van der Waals surface area contributed by atoms with Gasteiger partial charge in [-0.15, -0.1) is 11.3 Å². The van der Waals surface area contributed by atoms with Gasteiger partial charge in [-0.3, -0.25) is 0 Å². The second-order valence-corrected chi connectivity index (χ2v) is 13.6. The largest absolute Gasteiger partial charge is 0.227 e. The molecule has 3 heteroatoms. The molecule has 0 fully saturated rings. The Kier molecular flexibility index (Phi) is 6.39. The van der Waals surface area contributed by atoms with Crippen molar-refractivity contribution in [3.05, 3.63) is 170 Å². The summed E-state index contributed by atoms with van der Waals surface area (Å²) in [5.41, 5.74) is 7.77. The summed E-state index contributed by atoms with van der Waals surface area (Å²) in [5.74, 6) is 0.739. The summed E-state index contributed by atoms with van der Waals surface area (Å²) in [7, 11) is 0. The van der Waals surface area contributed by atoms with E-state index in [1.165, 1.54) is 59.1 Å². The first-order valence-electron chi connectivity index (χ1n) is 16.6. The maximum atomic E-state index is 5.32. The van der Waals surface area contributed by atoms with Gasteiger partial charge in [0.1, 0.15) is 4.83 Å². The molecule has 228 valence electrons. The first-order valence-corrected chi connectivity index (χ1v) is 17.4. The molecule has 0 saturated carbocycles. The molecule has 10 rings (SSSR count). The van der Waals surface area contributed by atoms with Crippen LogP contribution in [0, 0.1) is 0 Å². The van der Waals surface area contributed by atoms with Crippen molar-refractivity contribution < 1.29 is 0 Å². The standard InChI is InChI=1S/C46H28N2S/c1-2-11-29(12-3-1)30-21-23-31(24-22-30)45-47-44(43-40-19-8-9-20-42(40)49-46(43)48-45)34-14-10-13-32(27-34)33-25-26-39-37-17-5-4-15-35(37)36-16-6-7-18-38(36)41(39)28-33/h1-28H. The maximum Gasteiger partial charge on any atom is 0.161 e. The van der Waals surface area contributed by atoms with Crippen LogP contribution in [0.1, 0.15) is 0 Å². The van der Waals surface area contributed by atoms with Crippen LogP contribution < -0.4 is 0 Å². The molecule has 0 aliphatic heterocycles. The SMILES string of the molecule is c1ccc(-c2ccc(-c3nc(-c4cccc(-c5ccc6c7ccccc7c7ccccc7c6c5)c4)c4c(n3)sc3ccccc34)cc2)cc1. The Morgan fingerprint density at radius 3 is 1.57 bits per heavy atom. The van der Waals surface area contributed by atoms with Crippen molar-refractivity contribution in [2.75, 3.05) is 0 Å². The molecule has 0 amide bonds. The van der Waals surface area contributed by atoms with E-state index in [1.54, 1.807) is 11.3 Å². The lowest BCUT2D eigenvalue weighted by Crippen LogP contribution is -1.94. The number of thiophene rings is 1. The zero-order chi connectivity index (χ0) is 32.3. The summed E-state index contributed by atoms with van der Waals surface area (Å²) in [6.45, 7) is 0. The lowest BCUT2D eigenvalue weighted by Gasteiger charge is -2.13. The summed E-state index contributed by atoms with van der Waals surface area (Å²) in [5, 5.41) is 9.99. The zero-order valence-corrected chi connectivity index (χ0v) is 27.3. The van der Waals surface area contributed by atoms with E-state index in [0.717, 1.165) is 38.4 Å². The third kappa shape index (κ3) is 4.62. The molecule has 2 aromatic heterocycles. The predicted octanol–water partition coefficient (Wildman–Crippen LogP) is 13.0. The molecule has 0 unspecified atom stereocenters. The van der Waals surface area contributed by atoms with Gasteiger partial charge in [0.05, 0.1) is 5.69 Å². The highest BCUT2D eigenvalue weighted by Crippen LogP contribution is 2.41. The van der Waals surface area contributed by atoms with Crippen molar-refractivity contribution in [2.45, 2.75) is 0 Å². The van der Waals surface area contributed by atoms with E-state index in [4.69, 9.17) is 9.97 Å². The summed E-state index contributed by atoms with van der Waals surface area (Å²) >= 11 is 1.73. The lowest BCUT2D eigenvalue weighted by atomic mass is 9.91. The number of nitrogens with zero attached hydrogens (tertiary/aromatic N) is 2. The molecule has 0 aliphatic carbocycles. The Balaban J connectivity index is 1.15. The minimum atomic E-state index is 0.739. The highest BCUT2D eigenvalue weighted by molar-refractivity contribution is 7.25. The van der Waals surface area contributed by atoms with Gasteiger partial charge in [-0.05, 0) is 72.8 Å². The van der Waals surface area contributed by atoms with Crippen LogP contribution in [-0.4, -0.2) is 9.97 Å². The van der Waals surface area contributed by atoms with E-state index in [2.05, 4.69) is 164 Å². The topological polar surface area (TPSA) is 25.8 Å². The molecule has 49 heavy (non-hydrogen) atoms. The van der Waals surface area contributed by atoms with Crippen LogP contribution in [0.5, 0.6) is 0 Å². The highest BCUT2D eigenvalue weighted by Gasteiger charge is 2.18. The highest BCUT2D eigenvalue weighted by atomic mass is 32.1. The number of rotatable bonds is 4. The number of hydrogen-bond donors (Lipinski definition) is 0. The normalized spacial score (nSPS) is 11.7. The smallest absolute Gasteiger partial charge is 0.161 e. The van der Waals surface area contributed by atoms with E-state index >= 15 is 0 Å². The number of benzene rings is 8. The van der Waals surface area contributed by atoms with Crippen molar-refractivity contribution in [3.8, 4) is 44.9 Å². The summed E-state index contributed by atoms with van der Waals surface area (Å²) < 4.78 is 1.22. The first-order chi connectivity index (χ1) is 24.3. The second-order valence-electron chi connectivity index (χ2n) is 12.5. The molecule has 0 saturated heterocycles. The van der Waals surface area contributed by atoms with E-state index in [1.807, 2.05) is 6.07 Å². The van der Waals surface area contributed by atoms with Gasteiger partial charge in [-0.2, -0.15) is 0 Å². The maximum absolute atomic E-state index is 5.32. The average molecular weight is 641 g/mol. The molecular weight excluding hydrogens is 613 g/mol. The lowest BCUT2D eigenvalue weighted by molar-refractivity contribution is 1.24. The summed E-state index contributed by atoms with van der Waals surface area (Å²) in [6, 6.07) is 60.9. The minimum Gasteiger partial charge on any atom is -0.227 e. The van der Waals surface area contributed by atoms with Crippen LogP contribution in [0.2, 0.25) is 0 Å². The van der Waals surface area contributed by atoms with Crippen LogP contribution in [0.15, 0.2) is 170 Å². The van der Waals surface area contributed by atoms with Crippen molar-refractivity contribution in [3.63, 3.8) is 0 Å². The zero-order valence-electron chi connectivity index (χ0n) is 26.5. The van der Waals surface area contributed by atoms with Gasteiger partial charge in [0, 0.05) is 26.6 Å². The Morgan fingerprint density at radius 2 is 0.837 bits per heavy atom. The second kappa shape index (κ2) is 11.2. The number of aromatic nitrogens is 2. The van der Waals surface area contributed by atoms with Crippen LogP contribution in [0.4, 0.5) is 0 Å². The first kappa shape index (κ1) is 27.9. The third-order valence-corrected chi connectivity index (χ3v) is 10.8. The van der Waals surface area contributed by atoms with E-state index in [0.29, 0.717) is 0 Å². The molecule has 0 radical (unpaired) electrons. The van der Waals surface area contributed by atoms with Gasteiger partial charge >= 0.3 is 0 Å². The summed E-state index contributed by atoms with van der Waals surface area (Å²) in [6.07, 6.45) is 0. The van der Waals surface area contributed by atoms with Crippen LogP contribution in [-0.2, 0) is 0 Å². The average Bonchev–Trinajstić information content (AvgIpc) is 3.57. The van der Waals surface area contributed by atoms with E-state index in [9.17, 15) is 0 Å². The number of fused-ring (bicyclic) bond motifs is 9. The van der Waals surface area contributed by atoms with E-state index in [-0.39, 0.29) is 0 Å². The molecule has 0 N–H and O–H groups in total. The molecule has 0 aliphatic rings. The third-order valence-electron chi connectivity index (χ3n) is 9.70. The van der Waals surface area contributed by atoms with Gasteiger partial charge in [0.15, 0.2) is 5.82 Å². The van der Waals surface area contributed by atoms with Crippen molar-refractivity contribution >= 4 is 64.0 Å². The predicted molar refractivity (Wildman–Crippen MR) is 209 cm³/mol. The molecular formula is C46H28N2S. The quantitative estimate of drug-likeness (QED) is 0.179. The summed E-state index contributed by atoms with van der Waals surface area (Å²) in [4.78, 5) is 11.5. The molecule has 2 nitrogen and oxygen atoms in total. The van der Waals surface area contributed by atoms with Gasteiger partial charge in [-0.1, -0.05) is 152 Å². The molecule has 8 aromatic carbocycles. The molecule has 0 atom stereocenters. The Labute approximate surface area is 287 Å². The molecule has 10 aromatic rings. The Bertz CT molecular complexity index is 2830. The van der Waals surface area contributed by atoms with Gasteiger partial charge in [0.2, 0.25) is 0 Å². The Hall–Kier alpha value is -6.16. The van der Waals surface area contributed by atoms with Crippen molar-refractivity contribution in [2.24, 2.45) is 0 Å². The van der Waals surface area contributed by atoms with Crippen LogP contribution >= 0.6 is 11.3 Å². The number of hydrogen-bond acceptors (Lipinski definition) is 3. The molecule has 0 bridgehead atoms.